The Morgan fingerprint density at radius 1 is 1.07 bits per heavy atom. The molecule has 0 aliphatic rings. The zero-order chi connectivity index (χ0) is 11.5. The molecule has 0 bridgehead atoms. The third-order valence-corrected chi connectivity index (χ3v) is 5.76. The van der Waals surface area contributed by atoms with Gasteiger partial charge in [0, 0.05) is 10.6 Å². The molecule has 15 heavy (non-hydrogen) atoms. The molecule has 0 saturated carbocycles. The lowest BCUT2D eigenvalue weighted by Gasteiger charge is -2.19. The molecule has 0 fully saturated rings. The van der Waals surface area contributed by atoms with Gasteiger partial charge in [-0.2, -0.15) is 0 Å². The highest BCUT2D eigenvalue weighted by Crippen LogP contribution is 2.14. The molecule has 0 aliphatic heterocycles. The number of hydrogen-bond acceptors (Lipinski definition) is 1. The molecule has 3 heteroatoms. The van der Waals surface area contributed by atoms with Crippen molar-refractivity contribution in [2.24, 2.45) is 0 Å². The molecule has 0 heterocycles. The first-order chi connectivity index (χ1) is 7.24. The maximum atomic E-state index is 6.09. The van der Waals surface area contributed by atoms with Crippen LogP contribution in [0.15, 0.2) is 0 Å². The van der Waals surface area contributed by atoms with Crippen molar-refractivity contribution in [3.8, 4) is 0 Å². The fourth-order valence-corrected chi connectivity index (χ4v) is 3.04. The van der Waals surface area contributed by atoms with E-state index >= 15 is 0 Å². The topological polar surface area (TPSA) is 9.23 Å². The summed E-state index contributed by atoms with van der Waals surface area (Å²) in [5.74, 6) is 0. The molecule has 0 radical (unpaired) electrons. The van der Waals surface area contributed by atoms with E-state index in [9.17, 15) is 0 Å². The third-order valence-electron chi connectivity index (χ3n) is 2.72. The van der Waals surface area contributed by atoms with Gasteiger partial charge in [-0.15, -0.1) is 0 Å². The van der Waals surface area contributed by atoms with Gasteiger partial charge in [0.2, 0.25) is 0 Å². The van der Waals surface area contributed by atoms with Crippen LogP contribution >= 0.6 is 15.9 Å². The van der Waals surface area contributed by atoms with Gasteiger partial charge in [0.05, 0.1) is 0 Å². The molecule has 92 valence electrons. The van der Waals surface area contributed by atoms with E-state index < -0.39 is 0 Å². The summed E-state index contributed by atoms with van der Waals surface area (Å²) in [6.45, 7) is 6.74. The summed E-state index contributed by atoms with van der Waals surface area (Å²) in [7, 11) is -0.351. The van der Waals surface area contributed by atoms with E-state index in [0.29, 0.717) is 10.6 Å². The Hall–Kier alpha value is 0.657. The largest absolute Gasteiger partial charge is 0.420 e. The van der Waals surface area contributed by atoms with Crippen molar-refractivity contribution in [1.29, 1.82) is 0 Å². The lowest BCUT2D eigenvalue weighted by atomic mass is 10.1. The van der Waals surface area contributed by atoms with E-state index in [-0.39, 0.29) is 9.76 Å². The minimum atomic E-state index is -0.351. The molecule has 0 aromatic heterocycles. The Bertz CT molecular complexity index is 125. The van der Waals surface area contributed by atoms with Gasteiger partial charge in [-0.3, -0.25) is 0 Å². The highest BCUT2D eigenvalue weighted by atomic mass is 79.9. The van der Waals surface area contributed by atoms with Crippen LogP contribution in [0.1, 0.15) is 65.7 Å². The SMILES string of the molecule is CCCCC(CCCC)O[SiH2]C(Br)CC. The van der Waals surface area contributed by atoms with Crippen molar-refractivity contribution in [3.05, 3.63) is 0 Å². The predicted octanol–water partition coefficient (Wildman–Crippen LogP) is 3.97. The van der Waals surface area contributed by atoms with Gasteiger partial charge in [0.1, 0.15) is 0 Å². The van der Waals surface area contributed by atoms with E-state index in [1.165, 1.54) is 44.9 Å². The van der Waals surface area contributed by atoms with E-state index in [1.807, 2.05) is 0 Å². The van der Waals surface area contributed by atoms with E-state index in [0.717, 1.165) is 0 Å². The lowest BCUT2D eigenvalue weighted by molar-refractivity contribution is 0.182. The highest BCUT2D eigenvalue weighted by molar-refractivity contribution is 9.10. The summed E-state index contributed by atoms with van der Waals surface area (Å²) in [4.78, 5) is 0. The third kappa shape index (κ3) is 9.58. The van der Waals surface area contributed by atoms with Crippen molar-refractivity contribution in [1.82, 2.24) is 0 Å². The van der Waals surface area contributed by atoms with E-state index in [1.54, 1.807) is 0 Å². The molecular weight excluding hydrogens is 268 g/mol. The van der Waals surface area contributed by atoms with Gasteiger partial charge in [0.15, 0.2) is 9.76 Å². The molecular formula is C12H27BrOSi. The maximum Gasteiger partial charge on any atom is 0.175 e. The Morgan fingerprint density at radius 2 is 1.60 bits per heavy atom. The van der Waals surface area contributed by atoms with Gasteiger partial charge in [-0.25, -0.2) is 0 Å². The predicted molar refractivity (Wildman–Crippen MR) is 75.5 cm³/mol. The molecule has 0 amide bonds. The van der Waals surface area contributed by atoms with Crippen LogP contribution in [-0.4, -0.2) is 20.3 Å². The number of hydrogen-bond donors (Lipinski definition) is 0. The second kappa shape index (κ2) is 11.2. The van der Waals surface area contributed by atoms with Gasteiger partial charge in [-0.1, -0.05) is 62.4 Å². The molecule has 1 atom stereocenters. The molecule has 0 aromatic carbocycles. The molecule has 0 rings (SSSR count). The van der Waals surface area contributed by atoms with Gasteiger partial charge >= 0.3 is 0 Å². The Balaban J connectivity index is 3.67. The summed E-state index contributed by atoms with van der Waals surface area (Å²) >= 11 is 3.68. The van der Waals surface area contributed by atoms with Crippen molar-refractivity contribution in [2.75, 3.05) is 0 Å². The van der Waals surface area contributed by atoms with Gasteiger partial charge in [0.25, 0.3) is 0 Å². The zero-order valence-electron chi connectivity index (χ0n) is 10.6. The van der Waals surface area contributed by atoms with Gasteiger partial charge in [-0.05, 0) is 19.3 Å². The van der Waals surface area contributed by atoms with Crippen LogP contribution in [0.2, 0.25) is 0 Å². The zero-order valence-corrected chi connectivity index (χ0v) is 13.6. The first-order valence-electron chi connectivity index (χ1n) is 6.50. The minimum Gasteiger partial charge on any atom is -0.420 e. The molecule has 1 nitrogen and oxygen atoms in total. The summed E-state index contributed by atoms with van der Waals surface area (Å²) in [5, 5.41) is 0. The number of halogens is 1. The number of rotatable bonds is 10. The minimum absolute atomic E-state index is 0.351. The quantitative estimate of drug-likeness (QED) is 0.438. The van der Waals surface area contributed by atoms with Crippen molar-refractivity contribution >= 4 is 25.7 Å². The second-order valence-electron chi connectivity index (χ2n) is 4.25. The molecule has 1 unspecified atom stereocenters. The van der Waals surface area contributed by atoms with E-state index in [4.69, 9.17) is 4.43 Å². The molecule has 0 saturated heterocycles. The summed E-state index contributed by atoms with van der Waals surface area (Å²) in [5.41, 5.74) is 0. The van der Waals surface area contributed by atoms with Crippen molar-refractivity contribution < 1.29 is 4.43 Å². The fraction of sp³-hybridized carbons (Fsp3) is 1.00. The number of unbranched alkanes of at least 4 members (excludes halogenated alkanes) is 2. The number of alkyl halides is 1. The van der Waals surface area contributed by atoms with Crippen LogP contribution in [0.4, 0.5) is 0 Å². The highest BCUT2D eigenvalue weighted by Gasteiger charge is 2.10. The lowest BCUT2D eigenvalue weighted by Crippen LogP contribution is -2.21. The fourth-order valence-electron chi connectivity index (χ4n) is 1.53. The van der Waals surface area contributed by atoms with Gasteiger partial charge < -0.3 is 4.43 Å². The average Bonchev–Trinajstić information content (AvgIpc) is 2.27. The standard InChI is InChI=1S/C12H27BrOSi/c1-4-7-9-11(10-8-5-2)14-15-12(13)6-3/h11-12H,4-10,15H2,1-3H3. The van der Waals surface area contributed by atoms with Crippen LogP contribution in [0.5, 0.6) is 0 Å². The summed E-state index contributed by atoms with van der Waals surface area (Å²) < 4.78 is 6.76. The van der Waals surface area contributed by atoms with Crippen molar-refractivity contribution in [2.45, 2.75) is 76.3 Å². The second-order valence-corrected chi connectivity index (χ2v) is 8.39. The monoisotopic (exact) mass is 294 g/mol. The Labute approximate surface area is 106 Å². The Morgan fingerprint density at radius 3 is 2.00 bits per heavy atom. The van der Waals surface area contributed by atoms with E-state index in [2.05, 4.69) is 36.7 Å². The molecule has 0 aromatic rings. The average molecular weight is 295 g/mol. The molecule has 0 aliphatic carbocycles. The normalized spacial score (nSPS) is 14.2. The van der Waals surface area contributed by atoms with Crippen LogP contribution in [-0.2, 0) is 4.43 Å². The van der Waals surface area contributed by atoms with Crippen LogP contribution in [0, 0.1) is 0 Å². The summed E-state index contributed by atoms with van der Waals surface area (Å²) in [6, 6.07) is 0. The smallest absolute Gasteiger partial charge is 0.175 e. The molecule has 0 N–H and O–H groups in total. The summed E-state index contributed by atoms with van der Waals surface area (Å²) in [6.07, 6.45) is 9.53. The van der Waals surface area contributed by atoms with Crippen LogP contribution < -0.4 is 0 Å². The molecule has 0 spiro atoms. The Kier molecular flexibility index (Phi) is 11.6. The van der Waals surface area contributed by atoms with Crippen LogP contribution in [0.3, 0.4) is 0 Å². The maximum absolute atomic E-state index is 6.09. The first kappa shape index (κ1) is 15.7. The first-order valence-corrected chi connectivity index (χ1v) is 8.81. The van der Waals surface area contributed by atoms with Crippen LogP contribution in [0.25, 0.3) is 0 Å². The van der Waals surface area contributed by atoms with Crippen molar-refractivity contribution in [3.63, 3.8) is 0 Å².